The minimum atomic E-state index is -2.97. The SMILES string of the molecule is Cc1ccccc1[Si](C=CC(C)O[Si](C)(C)C(C)(C)C)(O[Si](C=CC(C)O[Si](C)(C)C(C)(C)C)(c1ccccc1C)C(C)(C)C)C(C)(C)C. The van der Waals surface area contributed by atoms with Gasteiger partial charge in [-0.3, -0.25) is 0 Å². The second kappa shape index (κ2) is 15.3. The first-order valence-electron chi connectivity index (χ1n) is 18.5. The lowest BCUT2D eigenvalue weighted by Crippen LogP contribution is -2.69. The monoisotopic (exact) mass is 738 g/mol. The third kappa shape index (κ3) is 9.96. The molecule has 0 saturated carbocycles. The van der Waals surface area contributed by atoms with E-state index in [-0.39, 0.29) is 32.4 Å². The van der Waals surface area contributed by atoms with Crippen molar-refractivity contribution in [2.75, 3.05) is 0 Å². The van der Waals surface area contributed by atoms with Crippen molar-refractivity contribution in [2.45, 2.75) is 169 Å². The Bertz CT molecular complexity index is 1340. The van der Waals surface area contributed by atoms with Crippen molar-refractivity contribution in [2.24, 2.45) is 0 Å². The summed E-state index contributed by atoms with van der Waals surface area (Å²) in [6.45, 7) is 46.5. The third-order valence-electron chi connectivity index (χ3n) is 11.4. The van der Waals surface area contributed by atoms with Crippen molar-refractivity contribution >= 4 is 43.6 Å². The minimum absolute atomic E-state index is 0.0274. The predicted octanol–water partition coefficient (Wildman–Crippen LogP) is 11.9. The van der Waals surface area contributed by atoms with E-state index < -0.39 is 33.3 Å². The molecule has 0 aromatic heterocycles. The molecule has 0 aliphatic heterocycles. The van der Waals surface area contributed by atoms with Gasteiger partial charge in [-0.2, -0.15) is 0 Å². The van der Waals surface area contributed by atoms with Gasteiger partial charge in [0.05, 0.1) is 12.2 Å². The van der Waals surface area contributed by atoms with Gasteiger partial charge in [-0.25, -0.2) is 0 Å². The lowest BCUT2D eigenvalue weighted by atomic mass is 10.2. The molecule has 49 heavy (non-hydrogen) atoms. The molecule has 2 aromatic rings. The zero-order valence-electron chi connectivity index (χ0n) is 35.3. The standard InChI is InChI=1S/C42H74O3Si4/c1-33-25-21-23-27-37(33)48(41(11,12)13,31-29-35(3)43-46(17,18)39(5,6)7)45-49(42(14,15)16,38-28-24-22-26-34(38)2)32-30-36(4)44-47(19,20)40(8,9)10/h21-32,35-36H,1-20H3. The fourth-order valence-corrected chi connectivity index (χ4v) is 20.8. The highest BCUT2D eigenvalue weighted by Crippen LogP contribution is 2.47. The molecule has 0 heterocycles. The molecule has 4 atom stereocenters. The van der Waals surface area contributed by atoms with Gasteiger partial charge in [0, 0.05) is 0 Å². The molecule has 0 N–H and O–H groups in total. The van der Waals surface area contributed by atoms with E-state index in [0.717, 1.165) is 0 Å². The van der Waals surface area contributed by atoms with Crippen LogP contribution in [0.2, 0.25) is 46.3 Å². The summed E-state index contributed by atoms with van der Waals surface area (Å²) in [5, 5.41) is 2.60. The van der Waals surface area contributed by atoms with E-state index in [0.29, 0.717) is 0 Å². The molecule has 0 amide bonds. The van der Waals surface area contributed by atoms with Crippen molar-refractivity contribution < 1.29 is 13.0 Å². The number of aryl methyl sites for hydroxylation is 2. The number of rotatable bonds is 12. The van der Waals surface area contributed by atoms with Crippen LogP contribution in [-0.2, 0) is 13.0 Å². The van der Waals surface area contributed by atoms with Gasteiger partial charge < -0.3 is 13.0 Å². The molecule has 0 spiro atoms. The van der Waals surface area contributed by atoms with Crippen molar-refractivity contribution in [1.82, 2.24) is 0 Å². The highest BCUT2D eigenvalue weighted by atomic mass is 28.4. The van der Waals surface area contributed by atoms with E-state index >= 15 is 0 Å². The average molecular weight is 739 g/mol. The fourth-order valence-electron chi connectivity index (χ4n) is 6.11. The summed E-state index contributed by atoms with van der Waals surface area (Å²) in [7, 11) is -9.91. The van der Waals surface area contributed by atoms with E-state index in [4.69, 9.17) is 13.0 Å². The zero-order valence-corrected chi connectivity index (χ0v) is 39.3. The molecular formula is C42H74O3Si4. The zero-order chi connectivity index (χ0) is 38.1. The first-order chi connectivity index (χ1) is 21.9. The van der Waals surface area contributed by atoms with Gasteiger partial charge in [-0.05, 0) is 95.5 Å². The molecule has 0 aliphatic carbocycles. The number of benzene rings is 2. The smallest absolute Gasteiger partial charge is 0.243 e. The summed E-state index contributed by atoms with van der Waals surface area (Å²) < 4.78 is 22.3. The van der Waals surface area contributed by atoms with Crippen LogP contribution in [0.15, 0.2) is 72.1 Å². The fraction of sp³-hybridized carbons (Fsp3) is 0.619. The van der Waals surface area contributed by atoms with Gasteiger partial charge in [0.2, 0.25) is 16.6 Å². The summed E-state index contributed by atoms with van der Waals surface area (Å²) >= 11 is 0. The molecular weight excluding hydrogens is 665 g/mol. The van der Waals surface area contributed by atoms with E-state index in [1.54, 1.807) is 0 Å². The van der Waals surface area contributed by atoms with Gasteiger partial charge in [-0.1, -0.05) is 155 Å². The summed E-state index contributed by atoms with van der Waals surface area (Å²) in [5.74, 6) is 0. The van der Waals surface area contributed by atoms with Gasteiger partial charge in [0.1, 0.15) is 0 Å². The Labute approximate surface area is 307 Å². The Morgan fingerprint density at radius 1 is 0.490 bits per heavy atom. The van der Waals surface area contributed by atoms with Crippen molar-refractivity contribution in [3.63, 3.8) is 0 Å². The molecule has 3 nitrogen and oxygen atoms in total. The summed E-state index contributed by atoms with van der Waals surface area (Å²) in [5.41, 5.74) is 7.57. The number of hydrogen-bond acceptors (Lipinski definition) is 3. The van der Waals surface area contributed by atoms with Crippen molar-refractivity contribution in [3.8, 4) is 0 Å². The minimum Gasteiger partial charge on any atom is -0.442 e. The largest absolute Gasteiger partial charge is 0.442 e. The Morgan fingerprint density at radius 3 is 1.02 bits per heavy atom. The van der Waals surface area contributed by atoms with Gasteiger partial charge in [-0.15, -0.1) is 0 Å². The number of hydrogen-bond donors (Lipinski definition) is 0. The van der Waals surface area contributed by atoms with E-state index in [1.165, 1.54) is 21.5 Å². The molecule has 4 unspecified atom stereocenters. The van der Waals surface area contributed by atoms with Crippen LogP contribution >= 0.6 is 0 Å². The van der Waals surface area contributed by atoms with Crippen LogP contribution in [0, 0.1) is 13.8 Å². The molecule has 2 aromatic carbocycles. The van der Waals surface area contributed by atoms with E-state index in [2.05, 4.69) is 209 Å². The second-order valence-corrected chi connectivity index (χ2v) is 37.6. The quantitative estimate of drug-likeness (QED) is 0.203. The van der Waals surface area contributed by atoms with Crippen LogP contribution in [0.1, 0.15) is 108 Å². The van der Waals surface area contributed by atoms with Gasteiger partial charge in [0.15, 0.2) is 16.6 Å². The van der Waals surface area contributed by atoms with Crippen LogP contribution in [0.4, 0.5) is 0 Å². The Hall–Kier alpha value is -1.33. The highest BCUT2D eigenvalue weighted by molar-refractivity contribution is 7.05. The molecule has 276 valence electrons. The summed E-state index contributed by atoms with van der Waals surface area (Å²) in [4.78, 5) is 0. The molecule has 0 radical (unpaired) electrons. The molecule has 2 rings (SSSR count). The van der Waals surface area contributed by atoms with Crippen LogP contribution in [0.25, 0.3) is 0 Å². The van der Waals surface area contributed by atoms with Crippen LogP contribution in [0.5, 0.6) is 0 Å². The molecule has 0 fully saturated rings. The maximum atomic E-state index is 8.40. The van der Waals surface area contributed by atoms with Crippen LogP contribution < -0.4 is 10.4 Å². The van der Waals surface area contributed by atoms with Crippen LogP contribution in [0.3, 0.4) is 0 Å². The summed E-state index contributed by atoms with van der Waals surface area (Å²) in [6.07, 6.45) is 4.63. The first-order valence-corrected chi connectivity index (χ1v) is 28.3. The summed E-state index contributed by atoms with van der Waals surface area (Å²) in [6, 6.07) is 17.9. The van der Waals surface area contributed by atoms with Crippen LogP contribution in [-0.4, -0.2) is 45.5 Å². The average Bonchev–Trinajstić information content (AvgIpc) is 2.90. The van der Waals surface area contributed by atoms with Crippen molar-refractivity contribution in [1.29, 1.82) is 0 Å². The van der Waals surface area contributed by atoms with Gasteiger partial charge >= 0.3 is 0 Å². The lowest BCUT2D eigenvalue weighted by Gasteiger charge is -2.52. The maximum Gasteiger partial charge on any atom is 0.243 e. The molecule has 7 heteroatoms. The Kier molecular flexibility index (Phi) is 13.7. The second-order valence-electron chi connectivity index (χ2n) is 19.6. The van der Waals surface area contributed by atoms with Gasteiger partial charge in [0.25, 0.3) is 0 Å². The molecule has 0 bridgehead atoms. The Balaban J connectivity index is 3.03. The van der Waals surface area contributed by atoms with E-state index in [9.17, 15) is 0 Å². The first kappa shape index (κ1) is 43.8. The third-order valence-corrected chi connectivity index (χ3v) is 31.6. The topological polar surface area (TPSA) is 27.7 Å². The highest BCUT2D eigenvalue weighted by Gasteiger charge is 2.57. The lowest BCUT2D eigenvalue weighted by molar-refractivity contribution is 0.243. The van der Waals surface area contributed by atoms with E-state index in [1.807, 2.05) is 0 Å². The molecule has 0 saturated heterocycles. The maximum absolute atomic E-state index is 8.40. The molecule has 0 aliphatic rings. The normalized spacial score (nSPS) is 18.0. The van der Waals surface area contributed by atoms with Crippen molar-refractivity contribution in [3.05, 3.63) is 83.2 Å². The predicted molar refractivity (Wildman–Crippen MR) is 227 cm³/mol. The Morgan fingerprint density at radius 2 is 0.776 bits per heavy atom.